The maximum absolute atomic E-state index is 11.7. The quantitative estimate of drug-likeness (QED) is 0.620. The van der Waals surface area contributed by atoms with Gasteiger partial charge in [-0.25, -0.2) is 4.79 Å². The Balaban J connectivity index is 2.51. The highest BCUT2D eigenvalue weighted by Crippen LogP contribution is 2.07. The van der Waals surface area contributed by atoms with Crippen molar-refractivity contribution in [2.75, 3.05) is 6.54 Å². The molecule has 4 N–H and O–H groups in total. The highest BCUT2D eigenvalue weighted by Gasteiger charge is 2.27. The second-order valence-electron chi connectivity index (χ2n) is 4.67. The molecule has 1 aromatic rings. The summed E-state index contributed by atoms with van der Waals surface area (Å²) < 4.78 is 9.79. The third kappa shape index (κ3) is 5.27. The monoisotopic (exact) mass is 311 g/mol. The number of urea groups is 1. The van der Waals surface area contributed by atoms with Gasteiger partial charge >= 0.3 is 12.0 Å². The number of primary amides is 1. The van der Waals surface area contributed by atoms with E-state index in [2.05, 4.69) is 5.32 Å². The summed E-state index contributed by atoms with van der Waals surface area (Å²) in [4.78, 5) is 45.5. The molecule has 1 atom stereocenters. The number of furan rings is 1. The van der Waals surface area contributed by atoms with Crippen LogP contribution in [0.25, 0.3) is 0 Å². The summed E-state index contributed by atoms with van der Waals surface area (Å²) in [6, 6.07) is 1.91. The molecule has 1 rings (SSSR count). The molecule has 0 fully saturated rings. The van der Waals surface area contributed by atoms with Crippen LogP contribution in [0.1, 0.15) is 24.4 Å². The fraction of sp³-hybridized carbons (Fsp3) is 0.385. The van der Waals surface area contributed by atoms with Crippen molar-refractivity contribution < 1.29 is 28.3 Å². The first-order chi connectivity index (χ1) is 10.3. The lowest BCUT2D eigenvalue weighted by molar-refractivity contribution is -0.157. The van der Waals surface area contributed by atoms with E-state index in [1.165, 1.54) is 18.4 Å². The number of rotatable bonds is 6. The zero-order chi connectivity index (χ0) is 16.7. The van der Waals surface area contributed by atoms with E-state index in [4.69, 9.17) is 14.9 Å². The first-order valence-corrected chi connectivity index (χ1v) is 6.42. The van der Waals surface area contributed by atoms with Crippen LogP contribution < -0.4 is 16.4 Å². The van der Waals surface area contributed by atoms with E-state index in [9.17, 15) is 19.2 Å². The molecule has 22 heavy (non-hydrogen) atoms. The summed E-state index contributed by atoms with van der Waals surface area (Å²) >= 11 is 0. The van der Waals surface area contributed by atoms with Gasteiger partial charge in [0.25, 0.3) is 11.8 Å². The van der Waals surface area contributed by atoms with Gasteiger partial charge in [0.05, 0.1) is 6.26 Å². The van der Waals surface area contributed by atoms with Gasteiger partial charge in [-0.2, -0.15) is 0 Å². The van der Waals surface area contributed by atoms with Crippen molar-refractivity contribution in [1.29, 1.82) is 0 Å². The Labute approximate surface area is 126 Å². The number of imide groups is 1. The van der Waals surface area contributed by atoms with Crippen LogP contribution in [-0.2, 0) is 14.3 Å². The largest absolute Gasteiger partial charge is 0.459 e. The van der Waals surface area contributed by atoms with E-state index in [-0.39, 0.29) is 11.7 Å². The van der Waals surface area contributed by atoms with Crippen molar-refractivity contribution >= 4 is 23.8 Å². The van der Waals surface area contributed by atoms with Gasteiger partial charge < -0.3 is 20.2 Å². The lowest BCUT2D eigenvalue weighted by Gasteiger charge is -2.19. The van der Waals surface area contributed by atoms with Crippen LogP contribution in [0.3, 0.4) is 0 Å². The molecular weight excluding hydrogens is 294 g/mol. The van der Waals surface area contributed by atoms with E-state index < -0.39 is 36.5 Å². The molecule has 0 aliphatic heterocycles. The molecule has 0 spiro atoms. The smallest absolute Gasteiger partial charge is 0.326 e. The number of ether oxygens (including phenoxy) is 1. The predicted molar refractivity (Wildman–Crippen MR) is 73.5 cm³/mol. The predicted octanol–water partition coefficient (Wildman–Crippen LogP) is -0.228. The topological polar surface area (TPSA) is 141 Å². The molecule has 0 aliphatic carbocycles. The van der Waals surface area contributed by atoms with Crippen molar-refractivity contribution in [3.8, 4) is 0 Å². The molecule has 9 heteroatoms. The van der Waals surface area contributed by atoms with Gasteiger partial charge in [-0.3, -0.25) is 19.7 Å². The lowest BCUT2D eigenvalue weighted by Crippen LogP contribution is -2.46. The van der Waals surface area contributed by atoms with Crippen LogP contribution in [0.15, 0.2) is 22.8 Å². The van der Waals surface area contributed by atoms with E-state index in [0.29, 0.717) is 0 Å². The average Bonchev–Trinajstić information content (AvgIpc) is 2.94. The van der Waals surface area contributed by atoms with Crippen LogP contribution in [0, 0.1) is 5.92 Å². The molecule has 0 saturated heterocycles. The average molecular weight is 311 g/mol. The van der Waals surface area contributed by atoms with Crippen LogP contribution in [-0.4, -0.2) is 36.5 Å². The van der Waals surface area contributed by atoms with Crippen molar-refractivity contribution in [3.63, 3.8) is 0 Å². The minimum Gasteiger partial charge on any atom is -0.459 e. The zero-order valence-electron chi connectivity index (χ0n) is 12.1. The third-order valence-electron chi connectivity index (χ3n) is 2.51. The molecule has 0 aliphatic rings. The van der Waals surface area contributed by atoms with Crippen LogP contribution in [0.5, 0.6) is 0 Å². The van der Waals surface area contributed by atoms with Crippen molar-refractivity contribution in [3.05, 3.63) is 24.2 Å². The molecule has 0 saturated carbocycles. The normalized spacial score (nSPS) is 11.6. The minimum absolute atomic E-state index is 0.0414. The first-order valence-electron chi connectivity index (χ1n) is 6.42. The molecule has 1 unspecified atom stereocenters. The molecule has 0 aromatic carbocycles. The van der Waals surface area contributed by atoms with Crippen molar-refractivity contribution in [1.82, 2.24) is 10.6 Å². The zero-order valence-corrected chi connectivity index (χ0v) is 12.1. The van der Waals surface area contributed by atoms with E-state index in [0.717, 1.165) is 0 Å². The van der Waals surface area contributed by atoms with Crippen LogP contribution >= 0.6 is 0 Å². The Kier molecular flexibility index (Phi) is 6.11. The summed E-state index contributed by atoms with van der Waals surface area (Å²) in [7, 11) is 0. The SMILES string of the molecule is CC(C)C(OC(=O)CNC(=O)c1ccco1)C(=O)NC(N)=O. The van der Waals surface area contributed by atoms with Gasteiger partial charge in [-0.05, 0) is 18.1 Å². The summed E-state index contributed by atoms with van der Waals surface area (Å²) in [6.07, 6.45) is 0.122. The minimum atomic E-state index is -1.19. The van der Waals surface area contributed by atoms with Gasteiger partial charge in [0, 0.05) is 0 Å². The molecule has 1 heterocycles. The van der Waals surface area contributed by atoms with Crippen molar-refractivity contribution in [2.45, 2.75) is 20.0 Å². The molecule has 9 nitrogen and oxygen atoms in total. The van der Waals surface area contributed by atoms with E-state index in [1.807, 2.05) is 5.32 Å². The van der Waals surface area contributed by atoms with Gasteiger partial charge in [-0.1, -0.05) is 13.8 Å². The third-order valence-corrected chi connectivity index (χ3v) is 2.51. The number of hydrogen-bond acceptors (Lipinski definition) is 6. The summed E-state index contributed by atoms with van der Waals surface area (Å²) in [5, 5.41) is 4.12. The Morgan fingerprint density at radius 3 is 2.50 bits per heavy atom. The number of nitrogens with one attached hydrogen (secondary N) is 2. The number of amides is 4. The van der Waals surface area contributed by atoms with Gasteiger partial charge in [0.15, 0.2) is 11.9 Å². The summed E-state index contributed by atoms with van der Waals surface area (Å²) in [5.74, 6) is -2.60. The Hall–Kier alpha value is -2.84. The van der Waals surface area contributed by atoms with Crippen LogP contribution in [0.2, 0.25) is 0 Å². The second kappa shape index (κ2) is 7.81. The summed E-state index contributed by atoms with van der Waals surface area (Å²) in [6.45, 7) is 2.80. The number of carbonyl (C=O) groups is 4. The van der Waals surface area contributed by atoms with Gasteiger partial charge in [-0.15, -0.1) is 0 Å². The second-order valence-corrected chi connectivity index (χ2v) is 4.67. The Morgan fingerprint density at radius 2 is 2.00 bits per heavy atom. The maximum Gasteiger partial charge on any atom is 0.326 e. The Morgan fingerprint density at radius 1 is 1.32 bits per heavy atom. The van der Waals surface area contributed by atoms with E-state index in [1.54, 1.807) is 13.8 Å². The van der Waals surface area contributed by atoms with Gasteiger partial charge in [0.1, 0.15) is 6.54 Å². The first kappa shape index (κ1) is 17.2. The molecular formula is C13H17N3O6. The molecule has 120 valence electrons. The van der Waals surface area contributed by atoms with Gasteiger partial charge in [0.2, 0.25) is 0 Å². The number of hydrogen-bond donors (Lipinski definition) is 3. The number of carbonyl (C=O) groups excluding carboxylic acids is 4. The number of esters is 1. The fourth-order valence-corrected chi connectivity index (χ4v) is 1.52. The molecule has 0 bridgehead atoms. The molecule has 4 amide bonds. The highest BCUT2D eigenvalue weighted by atomic mass is 16.5. The van der Waals surface area contributed by atoms with Crippen molar-refractivity contribution in [2.24, 2.45) is 11.7 Å². The fourth-order valence-electron chi connectivity index (χ4n) is 1.52. The van der Waals surface area contributed by atoms with Crippen LogP contribution in [0.4, 0.5) is 4.79 Å². The van der Waals surface area contributed by atoms with E-state index >= 15 is 0 Å². The maximum atomic E-state index is 11.7. The highest BCUT2D eigenvalue weighted by molar-refractivity contribution is 5.97. The summed E-state index contributed by atoms with van der Waals surface area (Å²) in [5.41, 5.74) is 4.84. The lowest BCUT2D eigenvalue weighted by atomic mass is 10.1. The molecule has 0 radical (unpaired) electrons. The standard InChI is InChI=1S/C13H17N3O6/c1-7(2)10(12(19)16-13(14)20)22-9(17)6-15-11(18)8-4-3-5-21-8/h3-5,7,10H,6H2,1-2H3,(H,15,18)(H3,14,16,19,20). The molecule has 1 aromatic heterocycles. The Bertz CT molecular complexity index is 552. The number of nitrogens with two attached hydrogens (primary N) is 1.